The molecule has 0 bridgehead atoms. The van der Waals surface area contributed by atoms with Gasteiger partial charge in [0.25, 0.3) is 0 Å². The van der Waals surface area contributed by atoms with Crippen LogP contribution in [0.3, 0.4) is 0 Å². The molecule has 1 aromatic rings. The Morgan fingerprint density at radius 2 is 2.00 bits per heavy atom. The average Bonchev–Trinajstić information content (AvgIpc) is 2.39. The Hall–Kier alpha value is -1.49. The summed E-state index contributed by atoms with van der Waals surface area (Å²) in [5, 5.41) is 11.7. The first-order valence-corrected chi connectivity index (χ1v) is 7.58. The molecule has 0 saturated carbocycles. The van der Waals surface area contributed by atoms with E-state index in [0.29, 0.717) is 12.8 Å². The minimum atomic E-state index is -0.998. The van der Waals surface area contributed by atoms with Gasteiger partial charge in [0.05, 0.1) is 0 Å². The van der Waals surface area contributed by atoms with Gasteiger partial charge in [-0.3, -0.25) is 4.79 Å². The summed E-state index contributed by atoms with van der Waals surface area (Å²) < 4.78 is 0. The van der Waals surface area contributed by atoms with Crippen molar-refractivity contribution in [3.8, 4) is 0 Å². The zero-order valence-electron chi connectivity index (χ0n) is 11.0. The first-order chi connectivity index (χ1) is 9.13. The third-order valence-electron chi connectivity index (χ3n) is 2.67. The third kappa shape index (κ3) is 6.29. The second kappa shape index (κ2) is 8.58. The van der Waals surface area contributed by atoms with Gasteiger partial charge in [-0.15, -0.1) is 0 Å². The van der Waals surface area contributed by atoms with E-state index in [1.807, 2.05) is 36.6 Å². The van der Waals surface area contributed by atoms with Gasteiger partial charge in [-0.2, -0.15) is 11.8 Å². The van der Waals surface area contributed by atoms with E-state index < -0.39 is 12.0 Å². The molecule has 19 heavy (non-hydrogen) atoms. The molecule has 2 N–H and O–H groups in total. The van der Waals surface area contributed by atoms with Gasteiger partial charge in [0.1, 0.15) is 6.04 Å². The van der Waals surface area contributed by atoms with E-state index in [2.05, 4.69) is 5.32 Å². The van der Waals surface area contributed by atoms with Gasteiger partial charge in [0, 0.05) is 12.8 Å². The van der Waals surface area contributed by atoms with Gasteiger partial charge in [0.2, 0.25) is 5.91 Å². The molecule has 1 amide bonds. The lowest BCUT2D eigenvalue weighted by Crippen LogP contribution is -2.42. The summed E-state index contributed by atoms with van der Waals surface area (Å²) in [6.45, 7) is 0. The number of thioether (sulfide) groups is 1. The molecule has 0 aliphatic carbocycles. The van der Waals surface area contributed by atoms with Gasteiger partial charge in [-0.05, 0) is 24.0 Å². The molecule has 5 heteroatoms. The van der Waals surface area contributed by atoms with Crippen LogP contribution in [0, 0.1) is 0 Å². The van der Waals surface area contributed by atoms with Crippen LogP contribution >= 0.6 is 11.8 Å². The van der Waals surface area contributed by atoms with Crippen LogP contribution in [0.5, 0.6) is 0 Å². The Kier molecular flexibility index (Phi) is 7.03. The maximum absolute atomic E-state index is 11.6. The summed E-state index contributed by atoms with van der Waals surface area (Å²) in [7, 11) is 0. The number of carboxylic acid groups (broad SMARTS) is 1. The summed E-state index contributed by atoms with van der Waals surface area (Å²) in [6, 6.07) is 8.44. The van der Waals surface area contributed by atoms with Crippen molar-refractivity contribution < 1.29 is 14.7 Å². The molecule has 0 fully saturated rings. The number of carbonyl (C=O) groups is 2. The summed E-state index contributed by atoms with van der Waals surface area (Å²) >= 11 is 1.68. The molecule has 1 aromatic carbocycles. The molecule has 0 heterocycles. The second-order valence-electron chi connectivity index (χ2n) is 4.24. The minimum Gasteiger partial charge on any atom is -0.480 e. The molecular weight excluding hydrogens is 262 g/mol. The monoisotopic (exact) mass is 281 g/mol. The highest BCUT2D eigenvalue weighted by Crippen LogP contribution is 2.05. The maximum Gasteiger partial charge on any atom is 0.326 e. The van der Waals surface area contributed by atoms with Crippen molar-refractivity contribution >= 4 is 23.6 Å². The number of rotatable bonds is 8. The molecule has 0 aromatic heterocycles. The Labute approximate surface area is 117 Å². The maximum atomic E-state index is 11.6. The van der Waals surface area contributed by atoms with Crippen molar-refractivity contribution in [3.05, 3.63) is 35.9 Å². The first kappa shape index (κ1) is 15.6. The van der Waals surface area contributed by atoms with Crippen molar-refractivity contribution in [2.45, 2.75) is 25.3 Å². The first-order valence-electron chi connectivity index (χ1n) is 6.18. The molecular formula is C14H19NO3S. The van der Waals surface area contributed by atoms with Crippen LogP contribution in [0.2, 0.25) is 0 Å². The van der Waals surface area contributed by atoms with Crippen LogP contribution in [-0.4, -0.2) is 35.0 Å². The molecule has 0 aliphatic heterocycles. The van der Waals surface area contributed by atoms with Crippen LogP contribution < -0.4 is 5.32 Å². The summed E-state index contributed by atoms with van der Waals surface area (Å²) in [5.41, 5.74) is 0.902. The lowest BCUT2D eigenvalue weighted by atomic mass is 10.1. The van der Waals surface area contributed by atoms with E-state index in [-0.39, 0.29) is 5.91 Å². The Morgan fingerprint density at radius 1 is 1.32 bits per heavy atom. The van der Waals surface area contributed by atoms with E-state index >= 15 is 0 Å². The Morgan fingerprint density at radius 3 is 2.58 bits per heavy atom. The summed E-state index contributed by atoms with van der Waals surface area (Å²) in [6.07, 6.45) is 3.43. The van der Waals surface area contributed by atoms with Gasteiger partial charge >= 0.3 is 5.97 Å². The zero-order valence-corrected chi connectivity index (χ0v) is 11.8. The zero-order chi connectivity index (χ0) is 14.1. The third-order valence-corrected chi connectivity index (χ3v) is 3.37. The van der Waals surface area contributed by atoms with E-state index in [0.717, 1.165) is 17.7 Å². The summed E-state index contributed by atoms with van der Waals surface area (Å²) in [4.78, 5) is 22.8. The van der Waals surface area contributed by atoms with Crippen molar-refractivity contribution in [1.29, 1.82) is 0 Å². The topological polar surface area (TPSA) is 66.4 Å². The highest BCUT2D eigenvalue weighted by Gasteiger charge is 2.19. The molecule has 0 unspecified atom stereocenters. The second-order valence-corrected chi connectivity index (χ2v) is 5.23. The van der Waals surface area contributed by atoms with E-state index in [9.17, 15) is 9.59 Å². The standard InChI is InChI=1S/C14H19NO3S/c1-19-9-5-8-13(16)15-12(14(17)18)10-11-6-3-2-4-7-11/h2-4,6-7,12H,5,8-10H2,1H3,(H,15,16)(H,17,18)/t12-/m0/s1. The van der Waals surface area contributed by atoms with Crippen LogP contribution in [0.4, 0.5) is 0 Å². The fraction of sp³-hybridized carbons (Fsp3) is 0.429. The number of hydrogen-bond acceptors (Lipinski definition) is 3. The van der Waals surface area contributed by atoms with Crippen molar-refractivity contribution in [2.24, 2.45) is 0 Å². The molecule has 0 radical (unpaired) electrons. The van der Waals surface area contributed by atoms with E-state index in [4.69, 9.17) is 5.11 Å². The largest absolute Gasteiger partial charge is 0.480 e. The lowest BCUT2D eigenvalue weighted by Gasteiger charge is -2.14. The number of carbonyl (C=O) groups excluding carboxylic acids is 1. The normalized spacial score (nSPS) is 11.8. The minimum absolute atomic E-state index is 0.197. The number of benzene rings is 1. The number of amides is 1. The number of nitrogens with one attached hydrogen (secondary N) is 1. The molecule has 0 saturated heterocycles. The van der Waals surface area contributed by atoms with Crippen LogP contribution in [0.25, 0.3) is 0 Å². The van der Waals surface area contributed by atoms with Crippen LogP contribution in [0.1, 0.15) is 18.4 Å². The quantitative estimate of drug-likeness (QED) is 0.715. The van der Waals surface area contributed by atoms with Crippen molar-refractivity contribution in [2.75, 3.05) is 12.0 Å². The van der Waals surface area contributed by atoms with Crippen LogP contribution in [0.15, 0.2) is 30.3 Å². The number of hydrogen-bond donors (Lipinski definition) is 2. The molecule has 4 nitrogen and oxygen atoms in total. The fourth-order valence-corrected chi connectivity index (χ4v) is 2.13. The van der Waals surface area contributed by atoms with Gasteiger partial charge < -0.3 is 10.4 Å². The lowest BCUT2D eigenvalue weighted by molar-refractivity contribution is -0.141. The highest BCUT2D eigenvalue weighted by molar-refractivity contribution is 7.98. The molecule has 0 spiro atoms. The summed E-state index contributed by atoms with van der Waals surface area (Å²) in [5.74, 6) is -0.288. The van der Waals surface area contributed by atoms with E-state index in [1.165, 1.54) is 0 Å². The molecule has 0 aliphatic rings. The Balaban J connectivity index is 2.49. The van der Waals surface area contributed by atoms with Crippen molar-refractivity contribution in [3.63, 3.8) is 0 Å². The van der Waals surface area contributed by atoms with E-state index in [1.54, 1.807) is 11.8 Å². The number of carboxylic acids is 1. The Bertz CT molecular complexity index is 408. The molecule has 1 atom stereocenters. The predicted molar refractivity (Wildman–Crippen MR) is 77.3 cm³/mol. The smallest absolute Gasteiger partial charge is 0.326 e. The van der Waals surface area contributed by atoms with Gasteiger partial charge in [-0.1, -0.05) is 30.3 Å². The van der Waals surface area contributed by atoms with Crippen molar-refractivity contribution in [1.82, 2.24) is 5.32 Å². The highest BCUT2D eigenvalue weighted by atomic mass is 32.2. The van der Waals surface area contributed by atoms with Gasteiger partial charge in [0.15, 0.2) is 0 Å². The SMILES string of the molecule is CSCCCC(=O)N[C@@H](Cc1ccccc1)C(=O)O. The average molecular weight is 281 g/mol. The fourth-order valence-electron chi connectivity index (χ4n) is 1.69. The van der Waals surface area contributed by atoms with Gasteiger partial charge in [-0.25, -0.2) is 4.79 Å². The predicted octanol–water partition coefficient (Wildman–Crippen LogP) is 1.94. The number of aliphatic carboxylic acids is 1. The molecule has 104 valence electrons. The van der Waals surface area contributed by atoms with Crippen LogP contribution in [-0.2, 0) is 16.0 Å². The molecule has 1 rings (SSSR count).